The van der Waals surface area contributed by atoms with Crippen LogP contribution in [0, 0.1) is 0 Å². The average molecular weight is 477 g/mol. The van der Waals surface area contributed by atoms with Crippen molar-refractivity contribution in [3.63, 3.8) is 0 Å². The Labute approximate surface area is 193 Å². The van der Waals surface area contributed by atoms with Crippen LogP contribution < -0.4 is 10.1 Å². The van der Waals surface area contributed by atoms with Crippen LogP contribution in [0.25, 0.3) is 0 Å². The van der Waals surface area contributed by atoms with E-state index in [1.165, 1.54) is 23.9 Å². The highest BCUT2D eigenvalue weighted by Crippen LogP contribution is 2.31. The Morgan fingerprint density at radius 2 is 2.00 bits per heavy atom. The Kier molecular flexibility index (Phi) is 8.16. The van der Waals surface area contributed by atoms with Crippen molar-refractivity contribution < 1.29 is 22.7 Å². The smallest absolute Gasteiger partial charge is 0.416 e. The molecule has 0 radical (unpaired) electrons. The third kappa shape index (κ3) is 6.61. The standard InChI is InChI=1S/C23H23F3N4O2S/c1-3-12-30-20(14-32-18-10-7-9-17(13-18)23(24,25)26)28-29-22(30)33-15-21(31)27-19-11-6-5-8-16(19)4-2/h3,5-11,13H,1,4,12,14-15H2,2H3,(H,27,31). The van der Waals surface area contributed by atoms with Crippen LogP contribution in [0.3, 0.4) is 0 Å². The minimum atomic E-state index is -4.45. The number of amides is 1. The summed E-state index contributed by atoms with van der Waals surface area (Å²) in [6.45, 7) is 6.00. The van der Waals surface area contributed by atoms with Crippen molar-refractivity contribution in [2.75, 3.05) is 11.1 Å². The molecule has 1 aromatic heterocycles. The maximum absolute atomic E-state index is 12.9. The molecule has 0 saturated carbocycles. The first-order valence-electron chi connectivity index (χ1n) is 10.2. The third-order valence-electron chi connectivity index (χ3n) is 4.64. The van der Waals surface area contributed by atoms with E-state index in [4.69, 9.17) is 4.74 Å². The molecule has 0 aliphatic heterocycles. The number of hydrogen-bond donors (Lipinski definition) is 1. The summed E-state index contributed by atoms with van der Waals surface area (Å²) in [6, 6.07) is 12.2. The van der Waals surface area contributed by atoms with Gasteiger partial charge in [0.05, 0.1) is 11.3 Å². The minimum absolute atomic E-state index is 0.0705. The van der Waals surface area contributed by atoms with Gasteiger partial charge in [0.2, 0.25) is 5.91 Å². The van der Waals surface area contributed by atoms with E-state index in [1.54, 1.807) is 10.6 Å². The number of rotatable bonds is 10. The summed E-state index contributed by atoms with van der Waals surface area (Å²) in [7, 11) is 0. The van der Waals surface area contributed by atoms with E-state index in [9.17, 15) is 18.0 Å². The van der Waals surface area contributed by atoms with Crippen molar-refractivity contribution >= 4 is 23.4 Å². The highest BCUT2D eigenvalue weighted by molar-refractivity contribution is 7.99. The molecule has 0 spiro atoms. The maximum Gasteiger partial charge on any atom is 0.416 e. The summed E-state index contributed by atoms with van der Waals surface area (Å²) >= 11 is 1.20. The number of nitrogens with one attached hydrogen (secondary N) is 1. The first-order valence-corrected chi connectivity index (χ1v) is 11.1. The van der Waals surface area contributed by atoms with Crippen LogP contribution in [0.5, 0.6) is 5.75 Å². The molecule has 0 bridgehead atoms. The van der Waals surface area contributed by atoms with Crippen LogP contribution in [0.4, 0.5) is 18.9 Å². The maximum atomic E-state index is 12.9. The molecule has 0 aliphatic carbocycles. The monoisotopic (exact) mass is 476 g/mol. The summed E-state index contributed by atoms with van der Waals surface area (Å²) in [5.74, 6) is 0.408. The zero-order valence-corrected chi connectivity index (χ0v) is 18.7. The van der Waals surface area contributed by atoms with E-state index in [0.717, 1.165) is 29.8 Å². The largest absolute Gasteiger partial charge is 0.486 e. The Morgan fingerprint density at radius 1 is 1.21 bits per heavy atom. The Bertz CT molecular complexity index is 1120. The lowest BCUT2D eigenvalue weighted by Gasteiger charge is -2.11. The molecule has 2 aromatic carbocycles. The molecule has 1 N–H and O–H groups in total. The number of carbonyl (C=O) groups is 1. The lowest BCUT2D eigenvalue weighted by Crippen LogP contribution is -2.16. The first-order chi connectivity index (χ1) is 15.8. The first kappa shape index (κ1) is 24.4. The number of nitrogens with zero attached hydrogens (tertiary/aromatic N) is 3. The number of aromatic nitrogens is 3. The quantitative estimate of drug-likeness (QED) is 0.315. The van der Waals surface area contributed by atoms with Crippen LogP contribution >= 0.6 is 11.8 Å². The van der Waals surface area contributed by atoms with Gasteiger partial charge < -0.3 is 10.1 Å². The van der Waals surface area contributed by atoms with Crippen LogP contribution in [0.2, 0.25) is 0 Å². The van der Waals surface area contributed by atoms with Gasteiger partial charge >= 0.3 is 6.18 Å². The number of ether oxygens (including phenoxy) is 1. The van der Waals surface area contributed by atoms with E-state index in [-0.39, 0.29) is 24.0 Å². The number of anilines is 1. The molecular formula is C23H23F3N4O2S. The zero-order chi connectivity index (χ0) is 23.8. The number of aryl methyl sites for hydroxylation is 1. The number of halogens is 3. The number of para-hydroxylation sites is 1. The molecule has 0 saturated heterocycles. The van der Waals surface area contributed by atoms with E-state index < -0.39 is 11.7 Å². The number of hydrogen-bond acceptors (Lipinski definition) is 5. The lowest BCUT2D eigenvalue weighted by molar-refractivity contribution is -0.137. The molecule has 0 aliphatic rings. The van der Waals surface area contributed by atoms with Crippen molar-refractivity contribution in [1.82, 2.24) is 14.8 Å². The molecule has 33 heavy (non-hydrogen) atoms. The van der Waals surface area contributed by atoms with Crippen LogP contribution in [-0.4, -0.2) is 26.4 Å². The number of carbonyl (C=O) groups excluding carboxylic acids is 1. The van der Waals surface area contributed by atoms with Gasteiger partial charge in [-0.2, -0.15) is 13.2 Å². The van der Waals surface area contributed by atoms with E-state index in [0.29, 0.717) is 17.5 Å². The SMILES string of the molecule is C=CCn1c(COc2cccc(C(F)(F)F)c2)nnc1SCC(=O)Nc1ccccc1CC. The Balaban J connectivity index is 1.64. The van der Waals surface area contributed by atoms with Gasteiger partial charge in [-0.15, -0.1) is 16.8 Å². The summed E-state index contributed by atoms with van der Waals surface area (Å²) < 4.78 is 45.9. The van der Waals surface area contributed by atoms with Gasteiger partial charge in [-0.05, 0) is 36.2 Å². The van der Waals surface area contributed by atoms with Gasteiger partial charge in [0, 0.05) is 12.2 Å². The molecule has 0 atom stereocenters. The number of benzene rings is 2. The molecule has 3 rings (SSSR count). The van der Waals surface area contributed by atoms with Crippen molar-refractivity contribution in [2.45, 2.75) is 37.8 Å². The van der Waals surface area contributed by atoms with Gasteiger partial charge in [-0.25, -0.2) is 0 Å². The highest BCUT2D eigenvalue weighted by Gasteiger charge is 2.30. The normalized spacial score (nSPS) is 11.3. The van der Waals surface area contributed by atoms with E-state index in [1.807, 2.05) is 31.2 Å². The summed E-state index contributed by atoms with van der Waals surface area (Å²) in [5.41, 5.74) is 1.02. The zero-order valence-electron chi connectivity index (χ0n) is 17.9. The van der Waals surface area contributed by atoms with Gasteiger partial charge in [-0.1, -0.05) is 49.0 Å². The molecule has 6 nitrogen and oxygen atoms in total. The van der Waals surface area contributed by atoms with Gasteiger partial charge in [0.15, 0.2) is 11.0 Å². The predicted molar refractivity (Wildman–Crippen MR) is 121 cm³/mol. The van der Waals surface area contributed by atoms with Crippen molar-refractivity contribution in [1.29, 1.82) is 0 Å². The van der Waals surface area contributed by atoms with Crippen LogP contribution in [-0.2, 0) is 30.5 Å². The number of thioether (sulfide) groups is 1. The third-order valence-corrected chi connectivity index (χ3v) is 5.61. The molecule has 3 aromatic rings. The second-order valence-corrected chi connectivity index (χ2v) is 7.90. The molecule has 1 amide bonds. The van der Waals surface area contributed by atoms with Crippen molar-refractivity contribution in [2.24, 2.45) is 0 Å². The second kappa shape index (κ2) is 11.0. The molecule has 0 unspecified atom stereocenters. The van der Waals surface area contributed by atoms with Crippen molar-refractivity contribution in [3.05, 3.63) is 78.1 Å². The topological polar surface area (TPSA) is 69.0 Å². The van der Waals surface area contributed by atoms with Crippen LogP contribution in [0.15, 0.2) is 66.3 Å². The summed E-state index contributed by atoms with van der Waals surface area (Å²) in [6.07, 6.45) is -2.02. The summed E-state index contributed by atoms with van der Waals surface area (Å²) in [5, 5.41) is 11.6. The minimum Gasteiger partial charge on any atom is -0.486 e. The number of alkyl halides is 3. The fourth-order valence-corrected chi connectivity index (χ4v) is 3.79. The Hall–Kier alpha value is -3.27. The number of allylic oxidation sites excluding steroid dienone is 1. The van der Waals surface area contributed by atoms with Gasteiger partial charge in [0.25, 0.3) is 0 Å². The summed E-state index contributed by atoms with van der Waals surface area (Å²) in [4.78, 5) is 12.4. The van der Waals surface area contributed by atoms with Gasteiger partial charge in [0.1, 0.15) is 12.4 Å². The van der Waals surface area contributed by atoms with Crippen LogP contribution in [0.1, 0.15) is 23.9 Å². The highest BCUT2D eigenvalue weighted by atomic mass is 32.2. The second-order valence-electron chi connectivity index (χ2n) is 6.96. The fraction of sp³-hybridized carbons (Fsp3) is 0.261. The average Bonchev–Trinajstić information content (AvgIpc) is 3.18. The van der Waals surface area contributed by atoms with Crippen molar-refractivity contribution in [3.8, 4) is 5.75 Å². The van der Waals surface area contributed by atoms with E-state index >= 15 is 0 Å². The van der Waals surface area contributed by atoms with E-state index in [2.05, 4.69) is 22.1 Å². The molecule has 10 heteroatoms. The molecule has 174 valence electrons. The lowest BCUT2D eigenvalue weighted by atomic mass is 10.1. The predicted octanol–water partition coefficient (Wildman–Crippen LogP) is 5.36. The Morgan fingerprint density at radius 3 is 2.73 bits per heavy atom. The molecular weight excluding hydrogens is 453 g/mol. The van der Waals surface area contributed by atoms with Gasteiger partial charge in [-0.3, -0.25) is 9.36 Å². The molecule has 1 heterocycles. The fourth-order valence-electron chi connectivity index (χ4n) is 3.02. The molecule has 0 fully saturated rings.